The van der Waals surface area contributed by atoms with E-state index < -0.39 is 6.08 Å². The predicted molar refractivity (Wildman–Crippen MR) is 109 cm³/mol. The van der Waals surface area contributed by atoms with E-state index in [1.807, 2.05) is 0 Å². The Morgan fingerprint density at radius 1 is 0.857 bits per heavy atom. The van der Waals surface area contributed by atoms with Crippen molar-refractivity contribution in [2.45, 2.75) is 83.8 Å². The average molecular weight is 397 g/mol. The van der Waals surface area contributed by atoms with Gasteiger partial charge >= 0.3 is 0 Å². The maximum Gasteiger partial charge on any atom is 0.266 e. The molecule has 2 saturated carbocycles. The Hall–Kier alpha value is -0.740. The summed E-state index contributed by atoms with van der Waals surface area (Å²) >= 11 is 0. The molecule has 0 aromatic carbocycles. The highest BCUT2D eigenvalue weighted by molar-refractivity contribution is 4.92. The summed E-state index contributed by atoms with van der Waals surface area (Å²) in [4.78, 5) is 0. The van der Waals surface area contributed by atoms with Gasteiger partial charge in [-0.1, -0.05) is 25.5 Å². The van der Waals surface area contributed by atoms with E-state index in [4.69, 9.17) is 9.47 Å². The molecule has 160 valence electrons. The maximum absolute atomic E-state index is 12.3. The summed E-state index contributed by atoms with van der Waals surface area (Å²) in [5.41, 5.74) is 0. The van der Waals surface area contributed by atoms with Gasteiger partial charge in [0.25, 0.3) is 6.08 Å². The van der Waals surface area contributed by atoms with Crippen LogP contribution in [-0.4, -0.2) is 19.5 Å². The number of unbranched alkanes of at least 4 members (excludes halogenated alkanes) is 1. The summed E-state index contributed by atoms with van der Waals surface area (Å²) in [6.07, 6.45) is 16.5. The van der Waals surface area contributed by atoms with Crippen molar-refractivity contribution in [2.24, 2.45) is 29.6 Å². The molecule has 3 aliphatic rings. The molecule has 0 spiro atoms. The Balaban J connectivity index is 1.34. The van der Waals surface area contributed by atoms with Crippen molar-refractivity contribution in [2.75, 3.05) is 13.2 Å². The standard InChI is InChI=1S/C24H38F2O2/c1-2-3-4-5-18-6-11-20(12-7-18)22-16-27-24(28-17-22)21-13-8-19(9-14-21)10-15-23(25)26/h4-5,15,18-22,24H,2-3,6-14,16-17H2,1H3/b5-4+. The van der Waals surface area contributed by atoms with Crippen LogP contribution in [0.5, 0.6) is 0 Å². The van der Waals surface area contributed by atoms with Gasteiger partial charge in [0, 0.05) is 11.8 Å². The highest BCUT2D eigenvalue weighted by atomic mass is 19.3. The zero-order valence-corrected chi connectivity index (χ0v) is 17.5. The lowest BCUT2D eigenvalue weighted by molar-refractivity contribution is -0.237. The first-order valence-corrected chi connectivity index (χ1v) is 11.6. The molecule has 2 nitrogen and oxygen atoms in total. The number of hydrogen-bond donors (Lipinski definition) is 0. The van der Waals surface area contributed by atoms with E-state index in [1.54, 1.807) is 0 Å². The van der Waals surface area contributed by atoms with Crippen molar-refractivity contribution in [3.05, 3.63) is 24.3 Å². The van der Waals surface area contributed by atoms with E-state index >= 15 is 0 Å². The van der Waals surface area contributed by atoms with Crippen LogP contribution in [0.3, 0.4) is 0 Å². The molecule has 4 heteroatoms. The first-order valence-electron chi connectivity index (χ1n) is 11.6. The maximum atomic E-state index is 12.3. The number of hydrogen-bond acceptors (Lipinski definition) is 2. The summed E-state index contributed by atoms with van der Waals surface area (Å²) in [5.74, 6) is 2.91. The molecule has 3 fully saturated rings. The molecule has 28 heavy (non-hydrogen) atoms. The quantitative estimate of drug-likeness (QED) is 0.427. The van der Waals surface area contributed by atoms with Crippen LogP contribution >= 0.6 is 0 Å². The summed E-state index contributed by atoms with van der Waals surface area (Å²) in [6.45, 7) is 3.90. The van der Waals surface area contributed by atoms with Gasteiger partial charge < -0.3 is 9.47 Å². The number of ether oxygens (including phenoxy) is 2. The normalized spacial score (nSPS) is 37.1. The zero-order chi connectivity index (χ0) is 19.8. The van der Waals surface area contributed by atoms with Crippen molar-refractivity contribution in [3.63, 3.8) is 0 Å². The summed E-state index contributed by atoms with van der Waals surface area (Å²) in [7, 11) is 0. The smallest absolute Gasteiger partial charge is 0.266 e. The van der Waals surface area contributed by atoms with Crippen LogP contribution in [0.1, 0.15) is 77.6 Å². The molecule has 0 bridgehead atoms. The molecular formula is C24H38F2O2. The molecule has 0 atom stereocenters. The van der Waals surface area contributed by atoms with Crippen molar-refractivity contribution >= 4 is 0 Å². The van der Waals surface area contributed by atoms with E-state index in [0.717, 1.165) is 56.8 Å². The molecule has 1 aliphatic heterocycles. The molecule has 0 aromatic rings. The Labute approximate surface area is 169 Å². The number of rotatable bonds is 7. The van der Waals surface area contributed by atoms with Gasteiger partial charge in [-0.2, -0.15) is 8.78 Å². The van der Waals surface area contributed by atoms with Crippen LogP contribution in [-0.2, 0) is 9.47 Å². The van der Waals surface area contributed by atoms with Crippen LogP contribution in [0.25, 0.3) is 0 Å². The molecule has 0 radical (unpaired) electrons. The van der Waals surface area contributed by atoms with E-state index in [9.17, 15) is 8.78 Å². The molecule has 0 aromatic heterocycles. The van der Waals surface area contributed by atoms with Gasteiger partial charge in [0.2, 0.25) is 0 Å². The van der Waals surface area contributed by atoms with E-state index in [-0.39, 0.29) is 6.29 Å². The fourth-order valence-corrected chi connectivity index (χ4v) is 5.29. The number of halogens is 2. The summed E-state index contributed by atoms with van der Waals surface area (Å²) in [6, 6.07) is 0. The van der Waals surface area contributed by atoms with Gasteiger partial charge in [-0.25, -0.2) is 0 Å². The monoisotopic (exact) mass is 396 g/mol. The molecule has 3 rings (SSSR count). The van der Waals surface area contributed by atoms with Crippen LogP contribution in [0, 0.1) is 29.6 Å². The minimum absolute atomic E-state index is 0.0704. The SMILES string of the molecule is CCC/C=C/C1CCC(C2COC(C3CCC(CC=C(F)F)CC3)OC2)CC1. The van der Waals surface area contributed by atoms with E-state index in [0.29, 0.717) is 24.2 Å². The third-order valence-corrected chi connectivity index (χ3v) is 7.18. The molecule has 1 heterocycles. The highest BCUT2D eigenvalue weighted by Crippen LogP contribution is 2.39. The number of allylic oxidation sites excluding steroid dienone is 3. The van der Waals surface area contributed by atoms with Crippen LogP contribution in [0.15, 0.2) is 24.3 Å². The van der Waals surface area contributed by atoms with Crippen LogP contribution in [0.2, 0.25) is 0 Å². The Morgan fingerprint density at radius 3 is 2.11 bits per heavy atom. The Bertz CT molecular complexity index is 491. The van der Waals surface area contributed by atoms with Crippen LogP contribution < -0.4 is 0 Å². The zero-order valence-electron chi connectivity index (χ0n) is 17.5. The molecule has 0 N–H and O–H groups in total. The minimum atomic E-state index is -1.54. The molecule has 0 amide bonds. The van der Waals surface area contributed by atoms with Crippen molar-refractivity contribution in [1.29, 1.82) is 0 Å². The predicted octanol–water partition coefficient (Wildman–Crippen LogP) is 7.12. The van der Waals surface area contributed by atoms with E-state index in [1.165, 1.54) is 38.5 Å². The van der Waals surface area contributed by atoms with Gasteiger partial charge in [-0.3, -0.25) is 0 Å². The summed E-state index contributed by atoms with van der Waals surface area (Å²) < 4.78 is 36.8. The second-order valence-electron chi connectivity index (χ2n) is 9.20. The lowest BCUT2D eigenvalue weighted by atomic mass is 9.75. The third kappa shape index (κ3) is 6.66. The van der Waals surface area contributed by atoms with E-state index in [2.05, 4.69) is 19.1 Å². The van der Waals surface area contributed by atoms with Crippen molar-refractivity contribution < 1.29 is 18.3 Å². The summed E-state index contributed by atoms with van der Waals surface area (Å²) in [5, 5.41) is 0. The van der Waals surface area contributed by atoms with Gasteiger partial charge in [0.1, 0.15) is 0 Å². The molecular weight excluding hydrogens is 358 g/mol. The Kier molecular flexibility index (Phi) is 8.98. The van der Waals surface area contributed by atoms with Crippen LogP contribution in [0.4, 0.5) is 8.78 Å². The highest BCUT2D eigenvalue weighted by Gasteiger charge is 2.35. The molecule has 0 unspecified atom stereocenters. The first kappa shape index (κ1) is 22.0. The van der Waals surface area contributed by atoms with Crippen molar-refractivity contribution in [3.8, 4) is 0 Å². The fourth-order valence-electron chi connectivity index (χ4n) is 5.29. The van der Waals surface area contributed by atoms with Gasteiger partial charge in [-0.15, -0.1) is 0 Å². The lowest BCUT2D eigenvalue weighted by Crippen LogP contribution is -2.41. The topological polar surface area (TPSA) is 18.5 Å². The molecule has 2 aliphatic carbocycles. The first-order chi connectivity index (χ1) is 13.7. The lowest BCUT2D eigenvalue weighted by Gasteiger charge is -2.41. The fraction of sp³-hybridized carbons (Fsp3) is 0.833. The second-order valence-corrected chi connectivity index (χ2v) is 9.20. The minimum Gasteiger partial charge on any atom is -0.352 e. The van der Waals surface area contributed by atoms with Crippen molar-refractivity contribution in [1.82, 2.24) is 0 Å². The van der Waals surface area contributed by atoms with Gasteiger partial charge in [0.15, 0.2) is 6.29 Å². The Morgan fingerprint density at radius 2 is 1.50 bits per heavy atom. The largest absolute Gasteiger partial charge is 0.352 e. The molecule has 1 saturated heterocycles. The second kappa shape index (κ2) is 11.4. The average Bonchev–Trinajstić information content (AvgIpc) is 2.73. The van der Waals surface area contributed by atoms with Gasteiger partial charge in [0.05, 0.1) is 13.2 Å². The third-order valence-electron chi connectivity index (χ3n) is 7.18. The van der Waals surface area contributed by atoms with Gasteiger partial charge in [-0.05, 0) is 88.0 Å².